The van der Waals surface area contributed by atoms with Crippen molar-refractivity contribution in [1.82, 2.24) is 25.3 Å². The average molecular weight is 464 g/mol. The lowest BCUT2D eigenvalue weighted by molar-refractivity contribution is 0.0895. The summed E-state index contributed by atoms with van der Waals surface area (Å²) >= 11 is 0. The fraction of sp³-hybridized carbons (Fsp3) is 0.143. The molecule has 7 nitrogen and oxygen atoms in total. The minimum Gasteiger partial charge on any atom is -0.382 e. The molecule has 1 atom stereocenters. The first kappa shape index (κ1) is 22.4. The summed E-state index contributed by atoms with van der Waals surface area (Å²) in [6.07, 6.45) is 5.52. The second kappa shape index (κ2) is 10.3. The van der Waals surface area contributed by atoms with Crippen LogP contribution in [0.25, 0.3) is 22.0 Å². The summed E-state index contributed by atoms with van der Waals surface area (Å²) < 4.78 is 7.10. The molecule has 0 aliphatic heterocycles. The molecule has 0 saturated heterocycles. The molecule has 0 fully saturated rings. The van der Waals surface area contributed by atoms with Crippen LogP contribution in [0, 0.1) is 0 Å². The molecule has 1 unspecified atom stereocenters. The third kappa shape index (κ3) is 5.10. The second-order valence-corrected chi connectivity index (χ2v) is 8.29. The summed E-state index contributed by atoms with van der Waals surface area (Å²) in [7, 11) is 1.63. The van der Waals surface area contributed by atoms with Gasteiger partial charge >= 0.3 is 0 Å². The van der Waals surface area contributed by atoms with Crippen LogP contribution in [0.1, 0.15) is 27.5 Å². The maximum absolute atomic E-state index is 13.2. The molecule has 0 aliphatic carbocycles. The lowest BCUT2D eigenvalue weighted by Crippen LogP contribution is -2.32. The first-order valence-corrected chi connectivity index (χ1v) is 11.4. The van der Waals surface area contributed by atoms with Crippen molar-refractivity contribution < 1.29 is 9.53 Å². The zero-order valence-electron chi connectivity index (χ0n) is 19.3. The van der Waals surface area contributed by atoms with Crippen molar-refractivity contribution in [3.63, 3.8) is 0 Å². The van der Waals surface area contributed by atoms with E-state index in [1.165, 1.54) is 0 Å². The zero-order chi connectivity index (χ0) is 24.0. The van der Waals surface area contributed by atoms with E-state index in [1.807, 2.05) is 85.2 Å². The molecule has 35 heavy (non-hydrogen) atoms. The Labute approximate surface area is 203 Å². The Balaban J connectivity index is 1.36. The van der Waals surface area contributed by atoms with Crippen molar-refractivity contribution in [2.75, 3.05) is 13.7 Å². The summed E-state index contributed by atoms with van der Waals surface area (Å²) in [4.78, 5) is 17.4. The van der Waals surface area contributed by atoms with Gasteiger partial charge in [-0.3, -0.25) is 9.78 Å². The Kier molecular flexibility index (Phi) is 6.59. The summed E-state index contributed by atoms with van der Waals surface area (Å²) in [6, 6.07) is 25.2. The predicted octanol–water partition coefficient (Wildman–Crippen LogP) is 4.66. The number of methoxy groups -OCH3 is 1. The van der Waals surface area contributed by atoms with Gasteiger partial charge in [-0.25, -0.2) is 4.68 Å². The van der Waals surface area contributed by atoms with Crippen LogP contribution < -0.4 is 5.32 Å². The Morgan fingerprint density at radius 1 is 1.00 bits per heavy atom. The highest BCUT2D eigenvalue weighted by atomic mass is 16.5. The first-order valence-electron chi connectivity index (χ1n) is 11.4. The molecule has 1 amide bonds. The largest absolute Gasteiger partial charge is 0.382 e. The number of carbonyl (C=O) groups excluding carboxylic acids is 1. The van der Waals surface area contributed by atoms with Gasteiger partial charge in [-0.2, -0.15) is 0 Å². The van der Waals surface area contributed by atoms with E-state index in [1.54, 1.807) is 18.0 Å². The van der Waals surface area contributed by atoms with Gasteiger partial charge in [-0.05, 0) is 34.7 Å². The number of hydrogen-bond acceptors (Lipinski definition) is 5. The van der Waals surface area contributed by atoms with Crippen molar-refractivity contribution >= 4 is 16.7 Å². The number of carbonyl (C=O) groups is 1. The zero-order valence-corrected chi connectivity index (χ0v) is 19.3. The van der Waals surface area contributed by atoms with E-state index in [0.29, 0.717) is 18.7 Å². The normalized spacial score (nSPS) is 11.9. The third-order valence-corrected chi connectivity index (χ3v) is 5.91. The molecule has 3 aromatic carbocycles. The number of ether oxygens (including phenoxy) is 1. The van der Waals surface area contributed by atoms with Gasteiger partial charge in [0.05, 0.1) is 25.4 Å². The van der Waals surface area contributed by atoms with Gasteiger partial charge in [-0.1, -0.05) is 65.9 Å². The van der Waals surface area contributed by atoms with Gasteiger partial charge in [0.2, 0.25) is 0 Å². The highest BCUT2D eigenvalue weighted by molar-refractivity contribution is 5.96. The van der Waals surface area contributed by atoms with Crippen molar-refractivity contribution in [1.29, 1.82) is 0 Å². The van der Waals surface area contributed by atoms with Crippen LogP contribution in [0.15, 0.2) is 97.5 Å². The predicted molar refractivity (Wildman–Crippen MR) is 135 cm³/mol. The van der Waals surface area contributed by atoms with Crippen LogP contribution in [-0.2, 0) is 11.3 Å². The molecule has 0 bridgehead atoms. The topological polar surface area (TPSA) is 81.9 Å². The Bertz CT molecular complexity index is 1450. The molecule has 174 valence electrons. The van der Waals surface area contributed by atoms with E-state index in [-0.39, 0.29) is 11.9 Å². The lowest BCUT2D eigenvalue weighted by Gasteiger charge is -2.19. The van der Waals surface area contributed by atoms with Gasteiger partial charge in [0.1, 0.15) is 5.69 Å². The SMILES string of the molecule is COCC(NC(=O)c1ccccc1Cn1cc(-c2ccc3cnccc3c2)nn1)c1ccccc1. The number of amides is 1. The number of rotatable bonds is 8. The molecule has 2 aromatic heterocycles. The van der Waals surface area contributed by atoms with Gasteiger partial charge in [0, 0.05) is 36.0 Å². The Morgan fingerprint density at radius 3 is 2.69 bits per heavy atom. The number of benzene rings is 3. The first-order chi connectivity index (χ1) is 17.2. The maximum Gasteiger partial charge on any atom is 0.252 e. The number of fused-ring (bicyclic) bond motifs is 1. The fourth-order valence-corrected chi connectivity index (χ4v) is 4.11. The summed E-state index contributed by atoms with van der Waals surface area (Å²) in [5, 5.41) is 13.9. The highest BCUT2D eigenvalue weighted by Gasteiger charge is 2.18. The third-order valence-electron chi connectivity index (χ3n) is 5.91. The summed E-state index contributed by atoms with van der Waals surface area (Å²) in [5.74, 6) is -0.157. The second-order valence-electron chi connectivity index (χ2n) is 8.29. The van der Waals surface area contributed by atoms with Crippen molar-refractivity contribution in [2.24, 2.45) is 0 Å². The van der Waals surface area contributed by atoms with Crippen LogP contribution in [0.4, 0.5) is 0 Å². The Morgan fingerprint density at radius 2 is 1.83 bits per heavy atom. The van der Waals surface area contributed by atoms with E-state index in [4.69, 9.17) is 4.74 Å². The van der Waals surface area contributed by atoms with Crippen molar-refractivity contribution in [3.05, 3.63) is 114 Å². The molecule has 5 aromatic rings. The maximum atomic E-state index is 13.2. The van der Waals surface area contributed by atoms with E-state index in [9.17, 15) is 4.79 Å². The standard InChI is InChI=1S/C28H25N5O2/c1-35-19-27(20-7-3-2-4-8-20)30-28(34)25-10-6-5-9-24(25)17-33-18-26(31-32-33)22-11-12-23-16-29-14-13-21(23)15-22/h2-16,18,27H,17,19H2,1H3,(H,30,34). The van der Waals surface area contributed by atoms with Crippen LogP contribution in [0.3, 0.4) is 0 Å². The van der Waals surface area contributed by atoms with E-state index in [2.05, 4.69) is 26.7 Å². The minimum atomic E-state index is -0.247. The van der Waals surface area contributed by atoms with Crippen LogP contribution in [-0.4, -0.2) is 39.6 Å². The van der Waals surface area contributed by atoms with Gasteiger partial charge in [0.15, 0.2) is 0 Å². The van der Waals surface area contributed by atoms with Crippen molar-refractivity contribution in [3.8, 4) is 11.3 Å². The molecule has 1 N–H and O–H groups in total. The summed E-state index contributed by atoms with van der Waals surface area (Å²) in [6.45, 7) is 0.806. The van der Waals surface area contributed by atoms with Gasteiger partial charge in [-0.15, -0.1) is 5.10 Å². The summed E-state index contributed by atoms with van der Waals surface area (Å²) in [5.41, 5.74) is 4.20. The van der Waals surface area contributed by atoms with E-state index in [0.717, 1.165) is 33.2 Å². The fourth-order valence-electron chi connectivity index (χ4n) is 4.11. The molecule has 7 heteroatoms. The molecular weight excluding hydrogens is 438 g/mol. The van der Waals surface area contributed by atoms with Crippen LogP contribution in [0.2, 0.25) is 0 Å². The molecule has 0 saturated carbocycles. The van der Waals surface area contributed by atoms with Gasteiger partial charge in [0.25, 0.3) is 5.91 Å². The number of pyridine rings is 1. The van der Waals surface area contributed by atoms with Crippen LogP contribution >= 0.6 is 0 Å². The highest BCUT2D eigenvalue weighted by Crippen LogP contribution is 2.23. The Hall–Kier alpha value is -4.36. The quantitative estimate of drug-likeness (QED) is 0.362. The molecule has 5 rings (SSSR count). The molecule has 0 spiro atoms. The molecular formula is C28H25N5O2. The average Bonchev–Trinajstić information content (AvgIpc) is 3.37. The van der Waals surface area contributed by atoms with Gasteiger partial charge < -0.3 is 10.1 Å². The van der Waals surface area contributed by atoms with Crippen molar-refractivity contribution in [2.45, 2.75) is 12.6 Å². The number of aromatic nitrogens is 4. The monoisotopic (exact) mass is 463 g/mol. The van der Waals surface area contributed by atoms with E-state index >= 15 is 0 Å². The smallest absolute Gasteiger partial charge is 0.252 e. The van der Waals surface area contributed by atoms with E-state index < -0.39 is 0 Å². The van der Waals surface area contributed by atoms with Crippen LogP contribution in [0.5, 0.6) is 0 Å². The molecule has 0 aliphatic rings. The minimum absolute atomic E-state index is 0.157. The molecule has 2 heterocycles. The lowest BCUT2D eigenvalue weighted by atomic mass is 10.0. The molecule has 0 radical (unpaired) electrons. The number of nitrogens with one attached hydrogen (secondary N) is 1. The number of nitrogens with zero attached hydrogens (tertiary/aromatic N) is 4. The number of hydrogen-bond donors (Lipinski definition) is 1.